The van der Waals surface area contributed by atoms with Crippen molar-refractivity contribution in [2.24, 2.45) is 0 Å². The van der Waals surface area contributed by atoms with Crippen LogP contribution in [0.5, 0.6) is 0 Å². The Kier molecular flexibility index (Phi) is 5.03. The van der Waals surface area contributed by atoms with Crippen LogP contribution in [0.2, 0.25) is 4.44 Å². The van der Waals surface area contributed by atoms with E-state index in [1.54, 1.807) is 22.5 Å². The number of hydrogen-bond acceptors (Lipinski definition) is 0. The molecule has 0 saturated heterocycles. The van der Waals surface area contributed by atoms with Gasteiger partial charge in [0.05, 0.1) is 0 Å². The Labute approximate surface area is 46.4 Å². The van der Waals surface area contributed by atoms with Crippen LogP contribution in [-0.2, 0) is 0 Å². The topological polar surface area (TPSA) is 0 Å². The van der Waals surface area contributed by atoms with E-state index in [0.717, 1.165) is 0 Å². The molecular weight excluding hydrogens is 167 g/mol. The summed E-state index contributed by atoms with van der Waals surface area (Å²) < 4.78 is 1.32. The summed E-state index contributed by atoms with van der Waals surface area (Å²) in [6, 6.07) is 0. The molecule has 0 spiro atoms. The van der Waals surface area contributed by atoms with E-state index in [4.69, 9.17) is 0 Å². The van der Waals surface area contributed by atoms with Gasteiger partial charge >= 0.3 is 46.0 Å². The third kappa shape index (κ3) is 4.54. The number of rotatable bonds is 2. The van der Waals surface area contributed by atoms with Gasteiger partial charge in [-0.05, 0) is 0 Å². The van der Waals surface area contributed by atoms with Crippen LogP contribution in [0, 0.1) is 0 Å². The van der Waals surface area contributed by atoms with Crippen LogP contribution in [-0.4, -0.2) is 22.5 Å². The molecule has 0 amide bonds. The Hall–Kier alpha value is 0.539. The molecule has 0 aromatic heterocycles. The van der Waals surface area contributed by atoms with Crippen molar-refractivity contribution in [2.45, 2.75) is 10.9 Å². The quantitative estimate of drug-likeness (QED) is 0.434. The first kappa shape index (κ1) is 5.54. The van der Waals surface area contributed by atoms with Gasteiger partial charge in [-0.3, -0.25) is 0 Å². The Morgan fingerprint density at radius 3 is 2.40 bits per heavy atom. The van der Waals surface area contributed by atoms with E-state index in [2.05, 4.69) is 6.58 Å². The van der Waals surface area contributed by atoms with Gasteiger partial charge in [-0.2, -0.15) is 0 Å². The molecule has 27 valence electrons. The minimum absolute atomic E-state index is 1.19. The van der Waals surface area contributed by atoms with Gasteiger partial charge in [0.1, 0.15) is 0 Å². The zero-order valence-electron chi connectivity index (χ0n) is 3.20. The molecule has 0 aliphatic carbocycles. The summed E-state index contributed by atoms with van der Waals surface area (Å²) in [5.41, 5.74) is 0. The van der Waals surface area contributed by atoms with Gasteiger partial charge in [-0.15, -0.1) is 0 Å². The van der Waals surface area contributed by atoms with E-state index >= 15 is 0 Å². The Morgan fingerprint density at radius 1 is 1.80 bits per heavy atom. The molecule has 0 bridgehead atoms. The van der Waals surface area contributed by atoms with Crippen molar-refractivity contribution in [3.63, 3.8) is 0 Å². The standard InChI is InChI=1S/C4H7.Sn/c1-3-4-2;/h3H,1-2,4H2;. The van der Waals surface area contributed by atoms with Crippen LogP contribution in [0.1, 0.15) is 6.42 Å². The van der Waals surface area contributed by atoms with Crippen LogP contribution in [0.15, 0.2) is 12.7 Å². The zero-order valence-corrected chi connectivity index (χ0v) is 6.05. The van der Waals surface area contributed by atoms with Gasteiger partial charge in [0, 0.05) is 0 Å². The molecule has 0 N–H and O–H groups in total. The van der Waals surface area contributed by atoms with E-state index < -0.39 is 0 Å². The SMILES string of the molecule is C=CC[CH2][Sn]. The summed E-state index contributed by atoms with van der Waals surface area (Å²) in [6.45, 7) is 3.56. The molecule has 0 aromatic carbocycles. The fourth-order valence-electron chi connectivity index (χ4n) is 0.102. The van der Waals surface area contributed by atoms with E-state index in [-0.39, 0.29) is 0 Å². The summed E-state index contributed by atoms with van der Waals surface area (Å²) in [7, 11) is 0. The first-order valence-corrected chi connectivity index (χ1v) is 3.69. The summed E-state index contributed by atoms with van der Waals surface area (Å²) in [5.74, 6) is 0. The first-order chi connectivity index (χ1) is 2.41. The maximum atomic E-state index is 3.56. The average Bonchev–Trinajstić information content (AvgIpc) is 1.41. The molecule has 0 heterocycles. The van der Waals surface area contributed by atoms with Crippen LogP contribution >= 0.6 is 0 Å². The second-order valence-corrected chi connectivity index (χ2v) is 2.25. The van der Waals surface area contributed by atoms with Crippen molar-refractivity contribution < 1.29 is 0 Å². The van der Waals surface area contributed by atoms with Gasteiger partial charge in [-0.1, -0.05) is 0 Å². The van der Waals surface area contributed by atoms with E-state index in [1.165, 1.54) is 10.9 Å². The zero-order chi connectivity index (χ0) is 4.12. The normalized spacial score (nSPS) is 7.40. The summed E-state index contributed by atoms with van der Waals surface area (Å²) >= 11 is 1.61. The third-order valence-electron chi connectivity index (χ3n) is 0.348. The Balaban J connectivity index is 2.40. The second-order valence-electron chi connectivity index (χ2n) is 0.827. The van der Waals surface area contributed by atoms with Crippen molar-refractivity contribution in [1.82, 2.24) is 0 Å². The molecular formula is C4H7Sn. The van der Waals surface area contributed by atoms with Crippen molar-refractivity contribution in [3.8, 4) is 0 Å². The summed E-state index contributed by atoms with van der Waals surface area (Å²) in [6.07, 6.45) is 3.15. The Bertz CT molecular complexity index is 24.8. The molecule has 0 unspecified atom stereocenters. The third-order valence-corrected chi connectivity index (χ3v) is 1.17. The fourth-order valence-corrected chi connectivity index (χ4v) is 0.685. The van der Waals surface area contributed by atoms with Crippen LogP contribution < -0.4 is 0 Å². The van der Waals surface area contributed by atoms with Crippen molar-refractivity contribution in [2.75, 3.05) is 0 Å². The second kappa shape index (κ2) is 4.54. The van der Waals surface area contributed by atoms with Crippen LogP contribution in [0.4, 0.5) is 0 Å². The predicted molar refractivity (Wildman–Crippen MR) is 25.4 cm³/mol. The molecule has 5 heavy (non-hydrogen) atoms. The summed E-state index contributed by atoms with van der Waals surface area (Å²) in [4.78, 5) is 0. The number of hydrogen-bond donors (Lipinski definition) is 0. The molecule has 0 atom stereocenters. The van der Waals surface area contributed by atoms with E-state index in [0.29, 0.717) is 0 Å². The van der Waals surface area contributed by atoms with E-state index in [1.807, 2.05) is 6.08 Å². The first-order valence-electron chi connectivity index (χ1n) is 1.67. The summed E-state index contributed by atoms with van der Waals surface area (Å²) in [5, 5.41) is 0. The van der Waals surface area contributed by atoms with Crippen LogP contribution in [0.3, 0.4) is 0 Å². The molecule has 0 aromatic rings. The fraction of sp³-hybridized carbons (Fsp3) is 0.500. The minimum atomic E-state index is 1.19. The molecule has 0 fully saturated rings. The molecule has 0 rings (SSSR count). The van der Waals surface area contributed by atoms with Crippen molar-refractivity contribution in [3.05, 3.63) is 12.7 Å². The molecule has 3 radical (unpaired) electrons. The predicted octanol–water partition coefficient (Wildman–Crippen LogP) is 1.15. The molecule has 0 aliphatic rings. The molecule has 0 aliphatic heterocycles. The molecule has 0 saturated carbocycles. The van der Waals surface area contributed by atoms with Gasteiger partial charge in [0.25, 0.3) is 0 Å². The van der Waals surface area contributed by atoms with E-state index in [9.17, 15) is 0 Å². The Morgan fingerprint density at radius 2 is 2.40 bits per heavy atom. The average molecular weight is 174 g/mol. The van der Waals surface area contributed by atoms with Gasteiger partial charge in [0.2, 0.25) is 0 Å². The number of allylic oxidation sites excluding steroid dienone is 1. The monoisotopic (exact) mass is 175 g/mol. The molecule has 0 nitrogen and oxygen atoms in total. The van der Waals surface area contributed by atoms with Gasteiger partial charge in [0.15, 0.2) is 0 Å². The van der Waals surface area contributed by atoms with Gasteiger partial charge < -0.3 is 0 Å². The maximum absolute atomic E-state index is 3.56. The van der Waals surface area contributed by atoms with Crippen molar-refractivity contribution in [1.29, 1.82) is 0 Å². The van der Waals surface area contributed by atoms with Crippen molar-refractivity contribution >= 4 is 22.5 Å². The van der Waals surface area contributed by atoms with Crippen LogP contribution in [0.25, 0.3) is 0 Å². The molecule has 1 heteroatoms. The van der Waals surface area contributed by atoms with Gasteiger partial charge in [-0.25, -0.2) is 0 Å².